The van der Waals surface area contributed by atoms with Crippen LogP contribution >= 0.6 is 0 Å². The minimum absolute atomic E-state index is 0.387. The van der Waals surface area contributed by atoms with Crippen LogP contribution in [0.15, 0.2) is 6.07 Å². The predicted octanol–water partition coefficient (Wildman–Crippen LogP) is 0.591. The van der Waals surface area contributed by atoms with Crippen molar-refractivity contribution in [2.45, 2.75) is 38.9 Å². The van der Waals surface area contributed by atoms with Crippen molar-refractivity contribution in [1.29, 1.82) is 5.26 Å². The summed E-state index contributed by atoms with van der Waals surface area (Å²) in [6.07, 6.45) is 0. The first kappa shape index (κ1) is 12.2. The van der Waals surface area contributed by atoms with E-state index in [2.05, 4.69) is 11.2 Å². The van der Waals surface area contributed by atoms with E-state index in [4.69, 9.17) is 14.6 Å². The number of rotatable bonds is 1. The highest BCUT2D eigenvalue weighted by molar-refractivity contribution is 6.61. The molecule has 0 unspecified atom stereocenters. The molecule has 1 aromatic rings. The van der Waals surface area contributed by atoms with E-state index < -0.39 is 7.12 Å². The summed E-state index contributed by atoms with van der Waals surface area (Å²) in [4.78, 5) is 0. The highest BCUT2D eigenvalue weighted by atomic mass is 16.7. The van der Waals surface area contributed by atoms with Crippen molar-refractivity contribution in [3.63, 3.8) is 0 Å². The van der Waals surface area contributed by atoms with E-state index in [9.17, 15) is 0 Å². The van der Waals surface area contributed by atoms with Crippen molar-refractivity contribution >= 4 is 12.7 Å². The van der Waals surface area contributed by atoms with Gasteiger partial charge >= 0.3 is 7.12 Å². The summed E-state index contributed by atoms with van der Waals surface area (Å²) >= 11 is 0. The number of aromatic nitrogens is 2. The fourth-order valence-corrected chi connectivity index (χ4v) is 1.67. The first-order valence-electron chi connectivity index (χ1n) is 5.56. The molecule has 1 saturated heterocycles. The van der Waals surface area contributed by atoms with E-state index in [0.717, 1.165) is 0 Å². The maximum absolute atomic E-state index is 8.89. The number of nitriles is 1. The lowest BCUT2D eigenvalue weighted by Gasteiger charge is -2.32. The van der Waals surface area contributed by atoms with Gasteiger partial charge in [-0.05, 0) is 33.8 Å². The second-order valence-electron chi connectivity index (χ2n) is 5.28. The van der Waals surface area contributed by atoms with Gasteiger partial charge in [0.15, 0.2) is 0 Å². The van der Waals surface area contributed by atoms with Crippen LogP contribution in [-0.2, 0) is 16.4 Å². The molecule has 0 spiro atoms. The summed E-state index contributed by atoms with van der Waals surface area (Å²) in [5, 5.41) is 13.1. The molecular weight excluding hydrogens is 217 g/mol. The summed E-state index contributed by atoms with van der Waals surface area (Å²) in [5.41, 5.74) is 0.363. The number of aryl methyl sites for hydroxylation is 1. The zero-order chi connectivity index (χ0) is 12.8. The molecule has 1 fully saturated rings. The summed E-state index contributed by atoms with van der Waals surface area (Å²) in [6, 6.07) is 3.77. The summed E-state index contributed by atoms with van der Waals surface area (Å²) < 4.78 is 13.2. The van der Waals surface area contributed by atoms with E-state index >= 15 is 0 Å². The quantitative estimate of drug-likeness (QED) is 0.666. The molecule has 6 heteroatoms. The molecule has 1 aliphatic heterocycles. The molecule has 0 N–H and O–H groups in total. The Morgan fingerprint density at radius 2 is 1.82 bits per heavy atom. The molecule has 0 aliphatic carbocycles. The molecule has 2 heterocycles. The van der Waals surface area contributed by atoms with Gasteiger partial charge in [0, 0.05) is 7.05 Å². The second-order valence-corrected chi connectivity index (χ2v) is 5.28. The number of hydrogen-bond acceptors (Lipinski definition) is 4. The van der Waals surface area contributed by atoms with Gasteiger partial charge in [0.25, 0.3) is 0 Å². The zero-order valence-electron chi connectivity index (χ0n) is 10.8. The molecule has 0 amide bonds. The second kappa shape index (κ2) is 3.59. The Morgan fingerprint density at radius 3 is 2.24 bits per heavy atom. The van der Waals surface area contributed by atoms with Gasteiger partial charge in [0.1, 0.15) is 11.8 Å². The Kier molecular flexibility index (Phi) is 2.56. The monoisotopic (exact) mass is 233 g/mol. The minimum Gasteiger partial charge on any atom is -0.398 e. The number of hydrogen-bond donors (Lipinski definition) is 0. The van der Waals surface area contributed by atoms with Crippen LogP contribution in [-0.4, -0.2) is 28.1 Å². The summed E-state index contributed by atoms with van der Waals surface area (Å²) in [7, 11) is 1.22. The lowest BCUT2D eigenvalue weighted by atomic mass is 9.85. The Bertz CT molecular complexity index is 471. The van der Waals surface area contributed by atoms with Gasteiger partial charge in [-0.25, -0.2) is 0 Å². The predicted molar refractivity (Wildman–Crippen MR) is 63.6 cm³/mol. The van der Waals surface area contributed by atoms with Crippen LogP contribution in [0.5, 0.6) is 0 Å². The SMILES string of the molecule is Cn1nc(B2OC(C)(C)C(C)(C)O2)cc1C#N. The van der Waals surface area contributed by atoms with Crippen molar-refractivity contribution in [3.8, 4) is 6.07 Å². The van der Waals surface area contributed by atoms with Gasteiger partial charge in [0.2, 0.25) is 0 Å². The van der Waals surface area contributed by atoms with Crippen LogP contribution in [0, 0.1) is 11.3 Å². The van der Waals surface area contributed by atoms with Crippen molar-refractivity contribution in [2.75, 3.05) is 0 Å². The average Bonchev–Trinajstić information content (AvgIpc) is 2.66. The van der Waals surface area contributed by atoms with E-state index in [1.807, 2.05) is 27.7 Å². The largest absolute Gasteiger partial charge is 0.516 e. The van der Waals surface area contributed by atoms with Crippen LogP contribution in [0.1, 0.15) is 33.4 Å². The molecular formula is C11H16BN3O2. The number of nitrogens with zero attached hydrogens (tertiary/aromatic N) is 3. The molecule has 1 aromatic heterocycles. The van der Waals surface area contributed by atoms with E-state index in [0.29, 0.717) is 11.3 Å². The fraction of sp³-hybridized carbons (Fsp3) is 0.636. The fourth-order valence-electron chi connectivity index (χ4n) is 1.67. The van der Waals surface area contributed by atoms with Crippen LogP contribution in [0.25, 0.3) is 0 Å². The lowest BCUT2D eigenvalue weighted by Crippen LogP contribution is -2.41. The van der Waals surface area contributed by atoms with Crippen molar-refractivity contribution in [3.05, 3.63) is 11.8 Å². The molecule has 1 aliphatic rings. The Labute approximate surface area is 101 Å². The third kappa shape index (κ3) is 1.86. The third-order valence-electron chi connectivity index (χ3n) is 3.51. The molecule has 17 heavy (non-hydrogen) atoms. The van der Waals surface area contributed by atoms with Gasteiger partial charge in [-0.3, -0.25) is 4.68 Å². The Hall–Kier alpha value is -1.32. The molecule has 0 aromatic carbocycles. The normalized spacial score (nSPS) is 21.5. The topological polar surface area (TPSA) is 60.1 Å². The van der Waals surface area contributed by atoms with Crippen molar-refractivity contribution < 1.29 is 9.31 Å². The molecule has 0 atom stereocenters. The summed E-state index contributed by atoms with van der Waals surface area (Å²) in [6.45, 7) is 7.95. The van der Waals surface area contributed by atoms with Gasteiger partial charge in [-0.1, -0.05) is 0 Å². The Morgan fingerprint density at radius 1 is 1.29 bits per heavy atom. The van der Waals surface area contributed by atoms with Crippen LogP contribution < -0.4 is 5.59 Å². The van der Waals surface area contributed by atoms with Gasteiger partial charge in [-0.15, -0.1) is 0 Å². The molecule has 90 valence electrons. The lowest BCUT2D eigenvalue weighted by molar-refractivity contribution is 0.00578. The maximum Gasteiger partial charge on any atom is 0.516 e. The van der Waals surface area contributed by atoms with Gasteiger partial charge in [0.05, 0.1) is 16.8 Å². The van der Waals surface area contributed by atoms with Gasteiger partial charge in [-0.2, -0.15) is 10.4 Å². The third-order valence-corrected chi connectivity index (χ3v) is 3.51. The van der Waals surface area contributed by atoms with E-state index in [1.165, 1.54) is 4.68 Å². The highest BCUT2D eigenvalue weighted by Gasteiger charge is 2.52. The van der Waals surface area contributed by atoms with Crippen molar-refractivity contribution in [2.24, 2.45) is 7.05 Å². The van der Waals surface area contributed by atoms with Crippen LogP contribution in [0.4, 0.5) is 0 Å². The highest BCUT2D eigenvalue weighted by Crippen LogP contribution is 2.36. The molecule has 0 radical (unpaired) electrons. The molecule has 0 saturated carbocycles. The van der Waals surface area contributed by atoms with E-state index in [1.54, 1.807) is 13.1 Å². The minimum atomic E-state index is -0.506. The first-order valence-corrected chi connectivity index (χ1v) is 5.56. The van der Waals surface area contributed by atoms with Crippen LogP contribution in [0.2, 0.25) is 0 Å². The molecule has 5 nitrogen and oxygen atoms in total. The average molecular weight is 233 g/mol. The van der Waals surface area contributed by atoms with E-state index in [-0.39, 0.29) is 11.2 Å². The maximum atomic E-state index is 8.89. The van der Waals surface area contributed by atoms with Crippen molar-refractivity contribution in [1.82, 2.24) is 9.78 Å². The zero-order valence-corrected chi connectivity index (χ0v) is 10.8. The molecule has 0 bridgehead atoms. The standard InChI is InChI=1S/C11H16BN3O2/c1-10(2)11(3,4)17-12(16-10)9-6-8(7-13)15(5)14-9/h6H,1-5H3. The smallest absolute Gasteiger partial charge is 0.398 e. The van der Waals surface area contributed by atoms with Gasteiger partial charge < -0.3 is 9.31 Å². The summed E-state index contributed by atoms with van der Waals surface area (Å²) in [5.74, 6) is 0. The van der Waals surface area contributed by atoms with Crippen LogP contribution in [0.3, 0.4) is 0 Å². The Balaban J connectivity index is 2.30. The first-order chi connectivity index (χ1) is 7.77. The molecule has 2 rings (SSSR count).